The van der Waals surface area contributed by atoms with Crippen molar-refractivity contribution in [3.05, 3.63) is 0 Å². The van der Waals surface area contributed by atoms with Gasteiger partial charge in [0.2, 0.25) is 35.4 Å². The van der Waals surface area contributed by atoms with Gasteiger partial charge in [0.05, 0.1) is 6.04 Å². The van der Waals surface area contributed by atoms with Crippen LogP contribution in [0.25, 0.3) is 0 Å². The molecule has 0 radical (unpaired) electrons. The maximum absolute atomic E-state index is 13.3. The Morgan fingerprint density at radius 3 is 1.57 bits per heavy atom. The summed E-state index contributed by atoms with van der Waals surface area (Å²) in [4.78, 5) is 90.5. The van der Waals surface area contributed by atoms with Gasteiger partial charge in [0.1, 0.15) is 30.2 Å². The lowest BCUT2D eigenvalue weighted by Gasteiger charge is -2.26. The molecule has 0 heterocycles. The van der Waals surface area contributed by atoms with Gasteiger partial charge in [0.25, 0.3) is 0 Å². The largest absolute Gasteiger partial charge is 0.480 e. The summed E-state index contributed by atoms with van der Waals surface area (Å²) in [6.07, 6.45) is -0.212. The number of carboxylic acids is 1. The number of nitrogens with two attached hydrogens (primary N) is 4. The fourth-order valence-electron chi connectivity index (χ4n) is 3.68. The molecular weight excluding hydrogens is 580 g/mol. The van der Waals surface area contributed by atoms with Crippen LogP contribution in [0.3, 0.4) is 0 Å². The van der Waals surface area contributed by atoms with Gasteiger partial charge in [-0.2, -0.15) is 0 Å². The number of hydrogen-bond acceptors (Lipinski definition) is 9. The minimum absolute atomic E-state index is 0.00363. The van der Waals surface area contributed by atoms with Crippen molar-refractivity contribution in [2.75, 3.05) is 6.54 Å². The molecule has 0 saturated carbocycles. The molecule has 0 aromatic rings. The van der Waals surface area contributed by atoms with Crippen molar-refractivity contribution >= 4 is 47.4 Å². The van der Waals surface area contributed by atoms with Crippen LogP contribution >= 0.6 is 0 Å². The van der Waals surface area contributed by atoms with Crippen LogP contribution in [0.4, 0.5) is 0 Å². The van der Waals surface area contributed by atoms with Gasteiger partial charge < -0.3 is 54.6 Å². The molecule has 0 fully saturated rings. The van der Waals surface area contributed by atoms with Crippen LogP contribution in [0.15, 0.2) is 4.99 Å². The lowest BCUT2D eigenvalue weighted by molar-refractivity contribution is -0.142. The molecule has 6 amide bonds. The first kappa shape index (κ1) is 39.5. The zero-order valence-corrected chi connectivity index (χ0v) is 25.8. The second kappa shape index (κ2) is 19.7. The number of aliphatic carboxylic acids is 1. The van der Waals surface area contributed by atoms with Crippen LogP contribution in [0.5, 0.6) is 0 Å². The van der Waals surface area contributed by atoms with E-state index in [2.05, 4.69) is 31.6 Å². The van der Waals surface area contributed by atoms with E-state index in [9.17, 15) is 38.7 Å². The predicted octanol–water partition coefficient (Wildman–Crippen LogP) is -3.75. The van der Waals surface area contributed by atoms with Crippen molar-refractivity contribution in [2.24, 2.45) is 33.8 Å². The van der Waals surface area contributed by atoms with Crippen molar-refractivity contribution in [2.45, 2.75) is 103 Å². The van der Waals surface area contributed by atoms with Gasteiger partial charge in [-0.15, -0.1) is 0 Å². The number of amides is 6. The third kappa shape index (κ3) is 16.2. The molecule has 44 heavy (non-hydrogen) atoms. The summed E-state index contributed by atoms with van der Waals surface area (Å²) in [5.74, 6) is -6.02. The molecule has 0 aliphatic heterocycles. The van der Waals surface area contributed by atoms with Gasteiger partial charge in [0.15, 0.2) is 5.96 Å². The van der Waals surface area contributed by atoms with Gasteiger partial charge in [-0.05, 0) is 52.4 Å². The van der Waals surface area contributed by atoms with Crippen molar-refractivity contribution < 1.29 is 38.7 Å². The van der Waals surface area contributed by atoms with E-state index in [1.807, 2.05) is 0 Å². The molecule has 0 aromatic carbocycles. The Balaban J connectivity index is 5.79. The maximum Gasteiger partial charge on any atom is 0.326 e. The molecule has 0 aliphatic carbocycles. The fourth-order valence-corrected chi connectivity index (χ4v) is 3.68. The lowest BCUT2D eigenvalue weighted by atomic mass is 10.0. The second-order valence-corrected chi connectivity index (χ2v) is 10.9. The zero-order valence-electron chi connectivity index (χ0n) is 25.8. The highest BCUT2D eigenvalue weighted by atomic mass is 16.4. The Kier molecular flexibility index (Phi) is 17.7. The van der Waals surface area contributed by atoms with E-state index in [0.717, 1.165) is 0 Å². The molecular formula is C26H48N10O8. The Bertz CT molecular complexity index is 1060. The highest BCUT2D eigenvalue weighted by Crippen LogP contribution is 2.08. The number of carbonyl (C=O) groups is 7. The second-order valence-electron chi connectivity index (χ2n) is 10.9. The summed E-state index contributed by atoms with van der Waals surface area (Å²) in [5, 5.41) is 21.7. The number of rotatable bonds is 20. The predicted molar refractivity (Wildman–Crippen MR) is 160 cm³/mol. The molecule has 0 unspecified atom stereocenters. The highest BCUT2D eigenvalue weighted by Gasteiger charge is 2.31. The van der Waals surface area contributed by atoms with E-state index >= 15 is 0 Å². The summed E-state index contributed by atoms with van der Waals surface area (Å²) in [5.41, 5.74) is 21.4. The molecule has 0 saturated heterocycles. The Hall–Kier alpha value is -4.48. The SMILES string of the molecule is CC(C)C[C@H](NC(=O)[C@H](CCCN=C(N)N)NC(=O)[C@H](CCC(N)=O)NC(=O)[C@H](C)NC(=O)[C@H](C)NC(=O)[C@H](C)N)C(=O)O. The summed E-state index contributed by atoms with van der Waals surface area (Å²) >= 11 is 0. The third-order valence-electron chi connectivity index (χ3n) is 6.13. The molecule has 0 aliphatic rings. The van der Waals surface area contributed by atoms with Crippen LogP contribution in [0.2, 0.25) is 0 Å². The minimum atomic E-state index is -1.37. The van der Waals surface area contributed by atoms with Crippen molar-refractivity contribution in [3.8, 4) is 0 Å². The number of nitrogens with zero attached hydrogens (tertiary/aromatic N) is 1. The van der Waals surface area contributed by atoms with Crippen LogP contribution in [0, 0.1) is 5.92 Å². The average molecular weight is 629 g/mol. The monoisotopic (exact) mass is 628 g/mol. The number of hydrogen-bond donors (Lipinski definition) is 10. The number of aliphatic imine (C=N–C) groups is 1. The van der Waals surface area contributed by atoms with Gasteiger partial charge in [0, 0.05) is 13.0 Å². The minimum Gasteiger partial charge on any atom is -0.480 e. The standard InChI is InChI=1S/C26H48N10O8/c1-12(2)11-18(25(43)44)36-23(41)16(7-6-10-31-26(29)30)35-24(42)17(8-9-19(28)37)34-22(40)15(5)33-21(39)14(4)32-20(38)13(3)27/h12-18H,6-11,27H2,1-5H3,(H2,28,37)(H,32,38)(H,33,39)(H,34,40)(H,35,42)(H,36,41)(H,43,44)(H4,29,30,31)/t13-,14-,15-,16-,17-,18-/m0/s1. The highest BCUT2D eigenvalue weighted by molar-refractivity contribution is 5.96. The van der Waals surface area contributed by atoms with Gasteiger partial charge >= 0.3 is 5.97 Å². The van der Waals surface area contributed by atoms with Gasteiger partial charge in [-0.1, -0.05) is 13.8 Å². The molecule has 250 valence electrons. The Morgan fingerprint density at radius 1 is 0.659 bits per heavy atom. The Morgan fingerprint density at radius 2 is 1.11 bits per heavy atom. The maximum atomic E-state index is 13.3. The molecule has 0 aromatic heterocycles. The van der Waals surface area contributed by atoms with E-state index in [1.54, 1.807) is 13.8 Å². The van der Waals surface area contributed by atoms with E-state index in [-0.39, 0.29) is 50.5 Å². The number of guanidine groups is 1. The smallest absolute Gasteiger partial charge is 0.326 e. The Labute approximate surface area is 256 Å². The van der Waals surface area contributed by atoms with Gasteiger partial charge in [-0.25, -0.2) is 4.79 Å². The van der Waals surface area contributed by atoms with Crippen molar-refractivity contribution in [1.82, 2.24) is 26.6 Å². The molecule has 18 nitrogen and oxygen atoms in total. The van der Waals surface area contributed by atoms with E-state index in [4.69, 9.17) is 22.9 Å². The van der Waals surface area contributed by atoms with Crippen LogP contribution in [0.1, 0.15) is 66.7 Å². The topological polar surface area (TPSA) is 316 Å². The average Bonchev–Trinajstić information content (AvgIpc) is 2.90. The molecule has 0 rings (SSSR count). The number of nitrogens with one attached hydrogen (secondary N) is 5. The summed E-state index contributed by atoms with van der Waals surface area (Å²) in [7, 11) is 0. The van der Waals surface area contributed by atoms with Crippen LogP contribution in [-0.4, -0.2) is 95.3 Å². The quantitative estimate of drug-likeness (QED) is 0.0354. The van der Waals surface area contributed by atoms with E-state index in [1.165, 1.54) is 20.8 Å². The molecule has 0 bridgehead atoms. The summed E-state index contributed by atoms with van der Waals surface area (Å²) in [6, 6.07) is -6.94. The summed E-state index contributed by atoms with van der Waals surface area (Å²) in [6.45, 7) is 7.82. The van der Waals surface area contributed by atoms with Crippen LogP contribution < -0.4 is 49.5 Å². The molecule has 18 heteroatoms. The molecule has 6 atom stereocenters. The lowest BCUT2D eigenvalue weighted by Crippen LogP contribution is -2.58. The zero-order chi connectivity index (χ0) is 34.1. The first-order chi connectivity index (χ1) is 20.3. The fraction of sp³-hybridized carbons (Fsp3) is 0.692. The van der Waals surface area contributed by atoms with E-state index < -0.39 is 77.7 Å². The van der Waals surface area contributed by atoms with E-state index in [0.29, 0.717) is 0 Å². The normalized spacial score (nSPS) is 14.9. The molecule has 14 N–H and O–H groups in total. The van der Waals surface area contributed by atoms with Crippen molar-refractivity contribution in [1.29, 1.82) is 0 Å². The number of carbonyl (C=O) groups excluding carboxylic acids is 6. The third-order valence-corrected chi connectivity index (χ3v) is 6.13. The first-order valence-electron chi connectivity index (χ1n) is 14.2. The van der Waals surface area contributed by atoms with Gasteiger partial charge in [-0.3, -0.25) is 33.8 Å². The first-order valence-corrected chi connectivity index (χ1v) is 14.2. The van der Waals surface area contributed by atoms with Crippen LogP contribution in [-0.2, 0) is 33.6 Å². The number of primary amides is 1. The number of carboxylic acid groups (broad SMARTS) is 1. The summed E-state index contributed by atoms with van der Waals surface area (Å²) < 4.78 is 0. The molecule has 0 spiro atoms. The van der Waals surface area contributed by atoms with Crippen molar-refractivity contribution in [3.63, 3.8) is 0 Å².